The van der Waals surface area contributed by atoms with Crippen molar-refractivity contribution < 1.29 is 0 Å². The first-order valence-corrected chi connectivity index (χ1v) is 22.4. The molecule has 4 aromatic carbocycles. The highest BCUT2D eigenvalue weighted by molar-refractivity contribution is 8.04. The van der Waals surface area contributed by atoms with Gasteiger partial charge in [0.15, 0.2) is 0 Å². The van der Waals surface area contributed by atoms with E-state index in [0.717, 1.165) is 25.7 Å². The van der Waals surface area contributed by atoms with Gasteiger partial charge in [0.2, 0.25) is 0 Å². The Morgan fingerprint density at radius 3 is 2.13 bits per heavy atom. The first-order valence-electron chi connectivity index (χ1n) is 21.5. The molecule has 3 atom stereocenters. The van der Waals surface area contributed by atoms with Gasteiger partial charge in [0, 0.05) is 27.6 Å². The number of aliphatic imine (C=N–C) groups is 1. The Balaban J connectivity index is 0.947. The topological polar surface area (TPSA) is 24.4 Å². The van der Waals surface area contributed by atoms with Crippen LogP contribution in [0.25, 0.3) is 33.4 Å². The van der Waals surface area contributed by atoms with E-state index in [2.05, 4.69) is 126 Å². The molecule has 2 nitrogen and oxygen atoms in total. The highest BCUT2D eigenvalue weighted by atomic mass is 32.2. The van der Waals surface area contributed by atoms with Crippen molar-refractivity contribution in [3.8, 4) is 33.4 Å². The van der Waals surface area contributed by atoms with Crippen molar-refractivity contribution in [2.24, 2.45) is 10.9 Å². The zero-order valence-electron chi connectivity index (χ0n) is 31.9. The molecule has 4 aromatic rings. The van der Waals surface area contributed by atoms with E-state index in [1.165, 1.54) is 125 Å². The third-order valence-corrected chi connectivity index (χ3v) is 16.4. The minimum absolute atomic E-state index is 0.0735. The summed E-state index contributed by atoms with van der Waals surface area (Å²) in [5.41, 5.74) is 20.8. The molecular formula is C52H50N2S. The summed E-state index contributed by atoms with van der Waals surface area (Å²) in [6.07, 6.45) is 29.3. The summed E-state index contributed by atoms with van der Waals surface area (Å²) in [6.45, 7) is 0. The minimum atomic E-state index is -0.0764. The number of thioether (sulfide) groups is 1. The molecule has 2 saturated carbocycles. The van der Waals surface area contributed by atoms with E-state index in [9.17, 15) is 0 Å². The second-order valence-electron chi connectivity index (χ2n) is 17.7. The quantitative estimate of drug-likeness (QED) is 0.212. The summed E-state index contributed by atoms with van der Waals surface area (Å²) < 4.78 is 0. The highest BCUT2D eigenvalue weighted by Gasteiger charge is 2.50. The van der Waals surface area contributed by atoms with E-state index >= 15 is 0 Å². The standard InChI is InChI=1S/C52H50N2S/c1-4-15-34(16-5-1)48-46-39-18-7-9-22-45(39)55-50(46)54-49(53-48)35-25-23-33(24-26-35)36-19-14-20-38-41-32-43-40(31-44(41)52(47(36)38)29-12-3-13-30-52)37-17-6-8-21-42(37)51(43)27-10-2-11-28-51/h4,6-9,14-17,19-21,23-26,31-32,39,45,49,54H,1-3,5,10-13,18,22,27-30H2. The third-order valence-electron chi connectivity index (χ3n) is 15.0. The fraction of sp³-hybridized carbons (Fsp3) is 0.365. The van der Waals surface area contributed by atoms with Gasteiger partial charge in [-0.3, -0.25) is 4.99 Å². The van der Waals surface area contributed by atoms with Crippen molar-refractivity contribution in [3.63, 3.8) is 0 Å². The monoisotopic (exact) mass is 734 g/mol. The van der Waals surface area contributed by atoms with Gasteiger partial charge in [-0.2, -0.15) is 0 Å². The van der Waals surface area contributed by atoms with Crippen molar-refractivity contribution in [3.05, 3.63) is 153 Å². The van der Waals surface area contributed by atoms with Crippen molar-refractivity contribution in [2.75, 3.05) is 0 Å². The Bertz CT molecular complexity index is 2410. The molecule has 3 heteroatoms. The molecule has 0 radical (unpaired) electrons. The van der Waals surface area contributed by atoms with Gasteiger partial charge in [-0.25, -0.2) is 0 Å². The largest absolute Gasteiger partial charge is 0.354 e. The number of fused-ring (bicyclic) bond motifs is 12. The number of benzene rings is 4. The molecule has 0 amide bonds. The second kappa shape index (κ2) is 12.6. The Kier molecular flexibility index (Phi) is 7.52. The lowest BCUT2D eigenvalue weighted by Gasteiger charge is -2.38. The van der Waals surface area contributed by atoms with Gasteiger partial charge in [0.1, 0.15) is 6.17 Å². The number of nitrogens with one attached hydrogen (secondary N) is 1. The lowest BCUT2D eigenvalue weighted by molar-refractivity contribution is 0.350. The van der Waals surface area contributed by atoms with Crippen LogP contribution < -0.4 is 5.32 Å². The Morgan fingerprint density at radius 2 is 1.33 bits per heavy atom. The van der Waals surface area contributed by atoms with Crippen LogP contribution in [0, 0.1) is 5.92 Å². The van der Waals surface area contributed by atoms with Gasteiger partial charge < -0.3 is 5.32 Å². The van der Waals surface area contributed by atoms with Crippen LogP contribution in [0.5, 0.6) is 0 Å². The van der Waals surface area contributed by atoms with Crippen LogP contribution >= 0.6 is 11.8 Å². The van der Waals surface area contributed by atoms with Gasteiger partial charge in [-0.1, -0.05) is 136 Å². The molecule has 2 heterocycles. The van der Waals surface area contributed by atoms with Gasteiger partial charge in [0.05, 0.1) is 10.7 Å². The van der Waals surface area contributed by atoms with Gasteiger partial charge in [-0.15, -0.1) is 11.8 Å². The molecule has 55 heavy (non-hydrogen) atoms. The molecule has 12 rings (SSSR count). The van der Waals surface area contributed by atoms with Crippen LogP contribution in [0.15, 0.2) is 130 Å². The van der Waals surface area contributed by atoms with Crippen LogP contribution in [0.4, 0.5) is 0 Å². The molecule has 2 fully saturated rings. The molecular weight excluding hydrogens is 685 g/mol. The summed E-state index contributed by atoms with van der Waals surface area (Å²) >= 11 is 2.06. The van der Waals surface area contributed by atoms with Crippen LogP contribution in [-0.2, 0) is 10.8 Å². The van der Waals surface area contributed by atoms with Crippen LogP contribution in [0.2, 0.25) is 0 Å². The maximum Gasteiger partial charge on any atom is 0.145 e. The van der Waals surface area contributed by atoms with E-state index in [1.54, 1.807) is 22.3 Å². The molecule has 0 saturated heterocycles. The molecule has 0 bridgehead atoms. The normalized spacial score (nSPS) is 26.1. The minimum Gasteiger partial charge on any atom is -0.354 e. The zero-order chi connectivity index (χ0) is 36.1. The maximum absolute atomic E-state index is 5.54. The van der Waals surface area contributed by atoms with Crippen molar-refractivity contribution in [1.82, 2.24) is 5.32 Å². The van der Waals surface area contributed by atoms with Crippen molar-refractivity contribution in [2.45, 2.75) is 112 Å². The van der Waals surface area contributed by atoms with E-state index < -0.39 is 0 Å². The zero-order valence-corrected chi connectivity index (χ0v) is 32.7. The number of nitrogens with zero attached hydrogens (tertiary/aromatic N) is 1. The summed E-state index contributed by atoms with van der Waals surface area (Å²) in [5, 5.41) is 5.92. The number of rotatable bonds is 3. The fourth-order valence-electron chi connectivity index (χ4n) is 12.5. The fourth-order valence-corrected chi connectivity index (χ4v) is 14.0. The molecule has 274 valence electrons. The van der Waals surface area contributed by atoms with E-state index in [0.29, 0.717) is 11.2 Å². The lowest BCUT2D eigenvalue weighted by atomic mass is 9.65. The van der Waals surface area contributed by atoms with E-state index in [4.69, 9.17) is 4.99 Å². The van der Waals surface area contributed by atoms with Gasteiger partial charge in [0.25, 0.3) is 0 Å². The summed E-state index contributed by atoms with van der Waals surface area (Å²) in [4.78, 5) is 5.54. The molecule has 2 aliphatic heterocycles. The predicted molar refractivity (Wildman–Crippen MR) is 231 cm³/mol. The molecule has 2 spiro atoms. The average Bonchev–Trinajstić information content (AvgIpc) is 3.85. The summed E-state index contributed by atoms with van der Waals surface area (Å²) in [7, 11) is 0. The number of allylic oxidation sites excluding steroid dienone is 7. The second-order valence-corrected chi connectivity index (χ2v) is 19.0. The Hall–Kier alpha value is -4.34. The van der Waals surface area contributed by atoms with Gasteiger partial charge >= 0.3 is 0 Å². The number of hydrogen-bond acceptors (Lipinski definition) is 3. The third kappa shape index (κ3) is 4.78. The molecule has 6 aliphatic carbocycles. The number of hydrogen-bond donors (Lipinski definition) is 1. The Morgan fingerprint density at radius 1 is 0.618 bits per heavy atom. The molecule has 8 aliphatic rings. The van der Waals surface area contributed by atoms with Crippen LogP contribution in [-0.4, -0.2) is 11.0 Å². The molecule has 0 aromatic heterocycles. The highest BCUT2D eigenvalue weighted by Crippen LogP contribution is 2.63. The van der Waals surface area contributed by atoms with Crippen LogP contribution in [0.3, 0.4) is 0 Å². The summed E-state index contributed by atoms with van der Waals surface area (Å²) in [6, 6.07) is 31.7. The van der Waals surface area contributed by atoms with Gasteiger partial charge in [-0.05, 0) is 130 Å². The SMILES string of the molecule is C1=CC(C2=NC(c3ccc(-c4cccc5c4C4(CCCCC4)c4cc6c(cc4-5)C4(CCCCC4)c4ccccc4-6)cc3)NC3=C2C2CC=CCC2S3)=CCC1. The van der Waals surface area contributed by atoms with Crippen LogP contribution in [0.1, 0.15) is 124 Å². The Labute approximate surface area is 331 Å². The van der Waals surface area contributed by atoms with Crippen molar-refractivity contribution >= 4 is 17.5 Å². The molecule has 3 unspecified atom stereocenters. The predicted octanol–water partition coefficient (Wildman–Crippen LogP) is 13.4. The summed E-state index contributed by atoms with van der Waals surface area (Å²) in [5.74, 6) is 0.552. The smallest absolute Gasteiger partial charge is 0.145 e. The average molecular weight is 735 g/mol. The lowest BCUT2D eigenvalue weighted by Crippen LogP contribution is -2.29. The van der Waals surface area contributed by atoms with Crippen molar-refractivity contribution in [1.29, 1.82) is 0 Å². The first-order chi connectivity index (χ1) is 27.2. The van der Waals surface area contributed by atoms with E-state index in [-0.39, 0.29) is 17.0 Å². The maximum atomic E-state index is 5.54. The first kappa shape index (κ1) is 32.9. The van der Waals surface area contributed by atoms with E-state index in [1.807, 2.05) is 0 Å². The molecule has 1 N–H and O–H groups in total.